The average Bonchev–Trinajstić information content (AvgIpc) is 2.85. The van der Waals surface area contributed by atoms with Gasteiger partial charge in [-0.15, -0.1) is 11.3 Å². The molecule has 0 radical (unpaired) electrons. The van der Waals surface area contributed by atoms with Crippen LogP contribution >= 0.6 is 11.3 Å². The van der Waals surface area contributed by atoms with E-state index in [1.807, 2.05) is 18.4 Å². The van der Waals surface area contributed by atoms with Gasteiger partial charge in [0.1, 0.15) is 0 Å². The molecule has 3 atom stereocenters. The highest BCUT2D eigenvalue weighted by Gasteiger charge is 2.34. The number of nitrogens with one attached hydrogen (secondary N) is 1. The number of carbonyl (C=O) groups is 1. The quantitative estimate of drug-likeness (QED) is 0.903. The number of hydrogen-bond acceptors (Lipinski definition) is 4. The van der Waals surface area contributed by atoms with Crippen LogP contribution in [-0.2, 0) is 9.47 Å². The number of ether oxygens (including phenoxy) is 2. The number of thiophene rings is 1. The molecule has 19 heavy (non-hydrogen) atoms. The summed E-state index contributed by atoms with van der Waals surface area (Å²) in [6.07, 6.45) is 3.18. The lowest BCUT2D eigenvalue weighted by Gasteiger charge is -2.39. The summed E-state index contributed by atoms with van der Waals surface area (Å²) in [4.78, 5) is 12.9. The van der Waals surface area contributed by atoms with Gasteiger partial charge >= 0.3 is 0 Å². The molecule has 0 spiro atoms. The number of amides is 1. The van der Waals surface area contributed by atoms with Gasteiger partial charge in [0.25, 0.3) is 5.91 Å². The lowest BCUT2D eigenvalue weighted by Crippen LogP contribution is -2.49. The highest BCUT2D eigenvalue weighted by Crippen LogP contribution is 2.27. The number of hydrogen-bond donors (Lipinski definition) is 1. The minimum atomic E-state index is 0.0401. The van der Waals surface area contributed by atoms with E-state index in [4.69, 9.17) is 9.47 Å². The van der Waals surface area contributed by atoms with Gasteiger partial charge in [0, 0.05) is 6.04 Å². The molecule has 2 fully saturated rings. The van der Waals surface area contributed by atoms with Crippen molar-refractivity contribution in [3.05, 3.63) is 21.9 Å². The molecule has 0 unspecified atom stereocenters. The van der Waals surface area contributed by atoms with Crippen molar-refractivity contribution in [2.24, 2.45) is 0 Å². The van der Waals surface area contributed by atoms with Crippen LogP contribution in [0.3, 0.4) is 0 Å². The Morgan fingerprint density at radius 1 is 1.32 bits per heavy atom. The van der Waals surface area contributed by atoms with Gasteiger partial charge in [0.05, 0.1) is 30.3 Å². The fourth-order valence-corrected chi connectivity index (χ4v) is 3.61. The maximum Gasteiger partial charge on any atom is 0.261 e. The summed E-state index contributed by atoms with van der Waals surface area (Å²) < 4.78 is 11.4. The van der Waals surface area contributed by atoms with Crippen LogP contribution in [0.15, 0.2) is 11.4 Å². The van der Waals surface area contributed by atoms with Gasteiger partial charge < -0.3 is 14.8 Å². The zero-order chi connectivity index (χ0) is 13.2. The zero-order valence-corrected chi connectivity index (χ0v) is 11.9. The molecule has 4 nitrogen and oxygen atoms in total. The number of fused-ring (bicyclic) bond motifs is 1. The van der Waals surface area contributed by atoms with Crippen molar-refractivity contribution >= 4 is 17.2 Å². The summed E-state index contributed by atoms with van der Waals surface area (Å²) in [5.41, 5.74) is 1.14. The van der Waals surface area contributed by atoms with Crippen molar-refractivity contribution < 1.29 is 14.3 Å². The Kier molecular flexibility index (Phi) is 3.86. The summed E-state index contributed by atoms with van der Waals surface area (Å²) in [7, 11) is 0. The largest absolute Gasteiger partial charge is 0.373 e. The van der Waals surface area contributed by atoms with Gasteiger partial charge in [-0.05, 0) is 43.2 Å². The van der Waals surface area contributed by atoms with Crippen molar-refractivity contribution in [2.75, 3.05) is 13.2 Å². The first-order valence-corrected chi connectivity index (χ1v) is 7.69. The zero-order valence-electron chi connectivity index (χ0n) is 11.1. The van der Waals surface area contributed by atoms with Crippen LogP contribution in [0, 0.1) is 6.92 Å². The molecule has 1 aromatic rings. The van der Waals surface area contributed by atoms with E-state index >= 15 is 0 Å². The first-order valence-electron chi connectivity index (χ1n) is 6.81. The van der Waals surface area contributed by atoms with E-state index in [0.717, 1.165) is 29.7 Å². The van der Waals surface area contributed by atoms with E-state index in [1.165, 1.54) is 11.3 Å². The van der Waals surface area contributed by atoms with Crippen molar-refractivity contribution in [1.29, 1.82) is 0 Å². The summed E-state index contributed by atoms with van der Waals surface area (Å²) in [6.45, 7) is 3.38. The Bertz CT molecular complexity index is 459. The van der Waals surface area contributed by atoms with Crippen LogP contribution in [0.5, 0.6) is 0 Å². The van der Waals surface area contributed by atoms with Crippen molar-refractivity contribution in [3.63, 3.8) is 0 Å². The molecule has 104 valence electrons. The predicted octanol–water partition coefficient (Wildman–Crippen LogP) is 2.12. The van der Waals surface area contributed by atoms with Crippen LogP contribution in [0.2, 0.25) is 0 Å². The first-order chi connectivity index (χ1) is 9.22. The van der Waals surface area contributed by atoms with Crippen molar-refractivity contribution in [1.82, 2.24) is 5.32 Å². The predicted molar refractivity (Wildman–Crippen MR) is 73.6 cm³/mol. The Morgan fingerprint density at radius 3 is 2.84 bits per heavy atom. The molecule has 1 amide bonds. The molecule has 5 heteroatoms. The molecule has 0 bridgehead atoms. The van der Waals surface area contributed by atoms with Gasteiger partial charge in [-0.1, -0.05) is 0 Å². The number of aryl methyl sites for hydroxylation is 1. The first kappa shape index (κ1) is 13.1. The van der Waals surface area contributed by atoms with E-state index in [-0.39, 0.29) is 24.2 Å². The molecule has 2 heterocycles. The third-order valence-electron chi connectivity index (χ3n) is 3.77. The minimum Gasteiger partial charge on any atom is -0.373 e. The number of rotatable bonds is 2. The lowest BCUT2D eigenvalue weighted by atomic mass is 9.89. The normalized spacial score (nSPS) is 30.7. The van der Waals surface area contributed by atoms with Crippen LogP contribution in [0.1, 0.15) is 34.5 Å². The SMILES string of the molecule is Cc1csc(C(=O)N[C@@H]2CC[C@@H]3OCCO[C@@H]3C2)c1. The van der Waals surface area contributed by atoms with Crippen molar-refractivity contribution in [3.8, 4) is 0 Å². The fourth-order valence-electron chi connectivity index (χ4n) is 2.80. The third-order valence-corrected chi connectivity index (χ3v) is 4.81. The maximum atomic E-state index is 12.1. The Labute approximate surface area is 117 Å². The standard InChI is InChI=1S/C14H19NO3S/c1-9-6-13(19-8-9)14(16)15-10-2-3-11-12(7-10)18-5-4-17-11/h6,8,10-12H,2-5,7H2,1H3,(H,15,16)/t10-,11+,12-/m1/s1. The third kappa shape index (κ3) is 2.99. The molecule has 3 rings (SSSR count). The van der Waals surface area contributed by atoms with Gasteiger partial charge in [-0.3, -0.25) is 4.79 Å². The highest BCUT2D eigenvalue weighted by atomic mass is 32.1. The Balaban J connectivity index is 1.57. The molecule has 1 aliphatic heterocycles. The maximum absolute atomic E-state index is 12.1. The second-order valence-corrected chi connectivity index (χ2v) is 6.20. The summed E-state index contributed by atoms with van der Waals surface area (Å²) in [5.74, 6) is 0.0401. The van der Waals surface area contributed by atoms with Crippen molar-refractivity contribution in [2.45, 2.75) is 44.4 Å². The average molecular weight is 281 g/mol. The van der Waals surface area contributed by atoms with Gasteiger partial charge in [0.15, 0.2) is 0 Å². The van der Waals surface area contributed by atoms with Crippen LogP contribution in [0.4, 0.5) is 0 Å². The molecule has 1 saturated carbocycles. The summed E-state index contributed by atoms with van der Waals surface area (Å²) in [6, 6.07) is 2.14. The molecular weight excluding hydrogens is 262 g/mol. The smallest absolute Gasteiger partial charge is 0.261 e. The van der Waals surface area contributed by atoms with Gasteiger partial charge in [-0.25, -0.2) is 0 Å². The molecule has 1 aliphatic carbocycles. The summed E-state index contributed by atoms with van der Waals surface area (Å²) >= 11 is 1.50. The van der Waals surface area contributed by atoms with Gasteiger partial charge in [0.2, 0.25) is 0 Å². The highest BCUT2D eigenvalue weighted by molar-refractivity contribution is 7.12. The van der Waals surface area contributed by atoms with Crippen LogP contribution in [-0.4, -0.2) is 37.4 Å². The van der Waals surface area contributed by atoms with Crippen LogP contribution < -0.4 is 5.32 Å². The molecule has 1 aromatic heterocycles. The monoisotopic (exact) mass is 281 g/mol. The molecule has 1 N–H and O–H groups in total. The number of carbonyl (C=O) groups excluding carboxylic acids is 1. The Hall–Kier alpha value is -0.910. The molecule has 0 aromatic carbocycles. The Morgan fingerprint density at radius 2 is 2.11 bits per heavy atom. The van der Waals surface area contributed by atoms with Gasteiger partial charge in [-0.2, -0.15) is 0 Å². The van der Waals surface area contributed by atoms with E-state index in [0.29, 0.717) is 13.2 Å². The van der Waals surface area contributed by atoms with E-state index < -0.39 is 0 Å². The van der Waals surface area contributed by atoms with E-state index in [1.54, 1.807) is 0 Å². The summed E-state index contributed by atoms with van der Waals surface area (Å²) in [5, 5.41) is 5.12. The molecular formula is C14H19NO3S. The molecule has 2 aliphatic rings. The second kappa shape index (κ2) is 5.61. The second-order valence-electron chi connectivity index (χ2n) is 5.29. The topological polar surface area (TPSA) is 47.6 Å². The van der Waals surface area contributed by atoms with E-state index in [9.17, 15) is 4.79 Å². The van der Waals surface area contributed by atoms with E-state index in [2.05, 4.69) is 5.32 Å². The fraction of sp³-hybridized carbons (Fsp3) is 0.643. The molecule has 1 saturated heterocycles. The van der Waals surface area contributed by atoms with Crippen LogP contribution in [0.25, 0.3) is 0 Å². The lowest BCUT2D eigenvalue weighted by molar-refractivity contribution is -0.157. The minimum absolute atomic E-state index is 0.0401.